The van der Waals surface area contributed by atoms with E-state index >= 15 is 0 Å². The van der Waals surface area contributed by atoms with Gasteiger partial charge in [-0.2, -0.15) is 5.10 Å². The van der Waals surface area contributed by atoms with Crippen LogP contribution < -0.4 is 4.74 Å². The highest BCUT2D eigenvalue weighted by atomic mass is 79.9. The molecule has 0 aliphatic carbocycles. The van der Waals surface area contributed by atoms with Gasteiger partial charge in [-0.1, -0.05) is 16.8 Å². The van der Waals surface area contributed by atoms with Crippen LogP contribution in [0.3, 0.4) is 0 Å². The molecule has 0 bridgehead atoms. The van der Waals surface area contributed by atoms with Crippen molar-refractivity contribution >= 4 is 33.4 Å². The summed E-state index contributed by atoms with van der Waals surface area (Å²) in [5.41, 5.74) is 1.73. The van der Waals surface area contributed by atoms with Crippen LogP contribution in [0.2, 0.25) is 5.02 Å². The van der Waals surface area contributed by atoms with Gasteiger partial charge in [-0.05, 0) is 47.1 Å². The van der Waals surface area contributed by atoms with Crippen molar-refractivity contribution in [3.63, 3.8) is 0 Å². The lowest BCUT2D eigenvalue weighted by Gasteiger charge is -2.17. The van der Waals surface area contributed by atoms with Gasteiger partial charge in [0.25, 0.3) is 5.91 Å². The zero-order valence-electron chi connectivity index (χ0n) is 15.1. The van der Waals surface area contributed by atoms with E-state index in [-0.39, 0.29) is 18.2 Å². The number of benzene rings is 1. The lowest BCUT2D eigenvalue weighted by Crippen LogP contribution is -2.28. The zero-order chi connectivity index (χ0) is 19.6. The highest BCUT2D eigenvalue weighted by Gasteiger charge is 2.24. The first-order chi connectivity index (χ1) is 12.9. The van der Waals surface area contributed by atoms with Crippen molar-refractivity contribution in [2.75, 3.05) is 7.05 Å². The summed E-state index contributed by atoms with van der Waals surface area (Å²) in [5, 5.41) is 8.72. The number of hydrogen-bond acceptors (Lipinski definition) is 5. The maximum atomic E-state index is 12.9. The third kappa shape index (κ3) is 4.33. The molecule has 0 fully saturated rings. The molecule has 0 unspecified atom stereocenters. The molecule has 0 radical (unpaired) electrons. The molecular formula is C18H18BrClN4O3. The molecule has 0 saturated carbocycles. The number of rotatable bonds is 6. The highest BCUT2D eigenvalue weighted by molar-refractivity contribution is 9.10. The summed E-state index contributed by atoms with van der Waals surface area (Å²) in [6, 6.07) is 7.00. The monoisotopic (exact) mass is 452 g/mol. The summed E-state index contributed by atoms with van der Waals surface area (Å²) < 4.78 is 13.5. The summed E-state index contributed by atoms with van der Waals surface area (Å²) in [4.78, 5) is 14.4. The Morgan fingerprint density at radius 1 is 1.37 bits per heavy atom. The van der Waals surface area contributed by atoms with E-state index < -0.39 is 0 Å². The Kier molecular flexibility index (Phi) is 5.86. The summed E-state index contributed by atoms with van der Waals surface area (Å²) in [6.45, 7) is 2.29. The summed E-state index contributed by atoms with van der Waals surface area (Å²) in [6.07, 6.45) is 1.69. The standard InChI is InChI=1S/C18H18BrClN4O3/c1-11-14(10-26-13-6-4-12(20)5-7-13)17(22-27-11)18(25)23(2)9-16-15(19)8-21-24(16)3/h4-8H,9-10H2,1-3H3. The van der Waals surface area contributed by atoms with E-state index in [0.717, 1.165) is 10.2 Å². The normalized spacial score (nSPS) is 10.9. The minimum atomic E-state index is -0.255. The number of aryl methyl sites for hydroxylation is 2. The molecule has 7 nitrogen and oxygen atoms in total. The molecule has 2 aromatic heterocycles. The van der Waals surface area contributed by atoms with Crippen molar-refractivity contribution in [1.29, 1.82) is 0 Å². The maximum Gasteiger partial charge on any atom is 0.276 e. The van der Waals surface area contributed by atoms with E-state index in [4.69, 9.17) is 20.9 Å². The molecule has 27 heavy (non-hydrogen) atoms. The number of amides is 1. The summed E-state index contributed by atoms with van der Waals surface area (Å²) >= 11 is 9.32. The maximum absolute atomic E-state index is 12.9. The molecule has 0 N–H and O–H groups in total. The number of carbonyl (C=O) groups excluding carboxylic acids is 1. The van der Waals surface area contributed by atoms with E-state index in [1.807, 2.05) is 7.05 Å². The van der Waals surface area contributed by atoms with Crippen LogP contribution in [0, 0.1) is 6.92 Å². The van der Waals surface area contributed by atoms with Crippen LogP contribution in [0.25, 0.3) is 0 Å². The Morgan fingerprint density at radius 3 is 2.70 bits per heavy atom. The van der Waals surface area contributed by atoms with Gasteiger partial charge in [-0.3, -0.25) is 9.48 Å². The van der Waals surface area contributed by atoms with Gasteiger partial charge in [-0.25, -0.2) is 0 Å². The summed E-state index contributed by atoms with van der Waals surface area (Å²) in [5.74, 6) is 0.933. The average Bonchev–Trinajstić information content (AvgIpc) is 3.17. The molecule has 0 atom stereocenters. The quantitative estimate of drug-likeness (QED) is 0.564. The topological polar surface area (TPSA) is 73.4 Å². The van der Waals surface area contributed by atoms with Crippen LogP contribution in [-0.2, 0) is 20.2 Å². The first kappa shape index (κ1) is 19.4. The van der Waals surface area contributed by atoms with Crippen molar-refractivity contribution in [2.45, 2.75) is 20.1 Å². The fourth-order valence-corrected chi connectivity index (χ4v) is 3.11. The van der Waals surface area contributed by atoms with Crippen molar-refractivity contribution in [1.82, 2.24) is 19.8 Å². The van der Waals surface area contributed by atoms with Gasteiger partial charge in [0.2, 0.25) is 0 Å². The van der Waals surface area contributed by atoms with E-state index in [9.17, 15) is 4.79 Å². The van der Waals surface area contributed by atoms with Crippen LogP contribution in [-0.4, -0.2) is 32.8 Å². The lowest BCUT2D eigenvalue weighted by atomic mass is 10.2. The minimum absolute atomic E-state index is 0.168. The van der Waals surface area contributed by atoms with Crippen LogP contribution in [0.4, 0.5) is 0 Å². The van der Waals surface area contributed by atoms with E-state index in [2.05, 4.69) is 26.2 Å². The Morgan fingerprint density at radius 2 is 2.07 bits per heavy atom. The number of nitrogens with zero attached hydrogens (tertiary/aromatic N) is 4. The Balaban J connectivity index is 1.74. The van der Waals surface area contributed by atoms with Crippen molar-refractivity contribution in [3.8, 4) is 5.75 Å². The van der Waals surface area contributed by atoms with Crippen LogP contribution in [0.15, 0.2) is 39.5 Å². The van der Waals surface area contributed by atoms with Gasteiger partial charge in [0.05, 0.1) is 28.5 Å². The second kappa shape index (κ2) is 8.14. The fourth-order valence-electron chi connectivity index (χ4n) is 2.51. The van der Waals surface area contributed by atoms with Gasteiger partial charge >= 0.3 is 0 Å². The van der Waals surface area contributed by atoms with Crippen LogP contribution in [0.1, 0.15) is 27.5 Å². The van der Waals surface area contributed by atoms with Crippen LogP contribution >= 0.6 is 27.5 Å². The second-order valence-corrected chi connectivity index (χ2v) is 7.32. The van der Waals surface area contributed by atoms with Gasteiger partial charge in [-0.15, -0.1) is 0 Å². The molecule has 0 spiro atoms. The predicted molar refractivity (Wildman–Crippen MR) is 104 cm³/mol. The van der Waals surface area contributed by atoms with Crippen molar-refractivity contribution in [2.24, 2.45) is 7.05 Å². The van der Waals surface area contributed by atoms with Gasteiger partial charge < -0.3 is 14.2 Å². The zero-order valence-corrected chi connectivity index (χ0v) is 17.4. The number of hydrogen-bond donors (Lipinski definition) is 0. The number of carbonyl (C=O) groups is 1. The second-order valence-electron chi connectivity index (χ2n) is 6.03. The molecule has 1 aromatic carbocycles. The number of ether oxygens (including phenoxy) is 1. The average molecular weight is 454 g/mol. The first-order valence-corrected chi connectivity index (χ1v) is 9.29. The summed E-state index contributed by atoms with van der Waals surface area (Å²) in [7, 11) is 3.53. The molecule has 0 aliphatic heterocycles. The Labute approximate surface area is 170 Å². The third-order valence-electron chi connectivity index (χ3n) is 4.13. The van der Waals surface area contributed by atoms with Gasteiger partial charge in [0, 0.05) is 19.1 Å². The Hall–Kier alpha value is -2.32. The number of halogens is 2. The molecule has 1 amide bonds. The van der Waals surface area contributed by atoms with Gasteiger partial charge in [0.1, 0.15) is 18.1 Å². The lowest BCUT2D eigenvalue weighted by molar-refractivity contribution is 0.0769. The van der Waals surface area contributed by atoms with E-state index in [1.54, 1.807) is 54.0 Å². The van der Waals surface area contributed by atoms with Crippen LogP contribution in [0.5, 0.6) is 5.75 Å². The van der Waals surface area contributed by atoms with Crippen molar-refractivity contribution < 1.29 is 14.1 Å². The third-order valence-corrected chi connectivity index (χ3v) is 5.04. The van der Waals surface area contributed by atoms with E-state index in [0.29, 0.717) is 28.6 Å². The predicted octanol–water partition coefficient (Wildman–Crippen LogP) is 3.98. The van der Waals surface area contributed by atoms with Gasteiger partial charge in [0.15, 0.2) is 5.69 Å². The SMILES string of the molecule is Cc1onc(C(=O)N(C)Cc2c(Br)cnn2C)c1COc1ccc(Cl)cc1. The first-order valence-electron chi connectivity index (χ1n) is 8.12. The fraction of sp³-hybridized carbons (Fsp3) is 0.278. The number of aromatic nitrogens is 3. The molecule has 9 heteroatoms. The molecule has 2 heterocycles. The Bertz CT molecular complexity index is 933. The van der Waals surface area contributed by atoms with Crippen molar-refractivity contribution in [3.05, 3.63) is 62.7 Å². The smallest absolute Gasteiger partial charge is 0.276 e. The molecule has 3 aromatic rings. The molecule has 0 saturated heterocycles. The minimum Gasteiger partial charge on any atom is -0.489 e. The molecular weight excluding hydrogens is 436 g/mol. The van der Waals surface area contributed by atoms with E-state index in [1.165, 1.54) is 0 Å². The molecule has 0 aliphatic rings. The molecule has 3 rings (SSSR count). The highest BCUT2D eigenvalue weighted by Crippen LogP contribution is 2.22. The molecule has 142 valence electrons. The largest absolute Gasteiger partial charge is 0.489 e.